The fourth-order valence-electron chi connectivity index (χ4n) is 1.73. The van der Waals surface area contributed by atoms with Crippen LogP contribution in [0, 0.1) is 6.92 Å². The maximum atomic E-state index is 12.0. The lowest BCUT2D eigenvalue weighted by Gasteiger charge is -2.13. The van der Waals surface area contributed by atoms with Gasteiger partial charge in [-0.05, 0) is 18.6 Å². The van der Waals surface area contributed by atoms with Gasteiger partial charge in [-0.25, -0.2) is 0 Å². The van der Waals surface area contributed by atoms with E-state index in [2.05, 4.69) is 0 Å². The van der Waals surface area contributed by atoms with Crippen molar-refractivity contribution >= 4 is 17.6 Å². The summed E-state index contributed by atoms with van der Waals surface area (Å²) in [6, 6.07) is 7.02. The van der Waals surface area contributed by atoms with Crippen molar-refractivity contribution in [1.82, 2.24) is 4.90 Å². The number of nitrogens with zero attached hydrogens (tertiary/aromatic N) is 1. The summed E-state index contributed by atoms with van der Waals surface area (Å²) in [6.07, 6.45) is -0.155. The molecule has 0 bridgehead atoms. The molecule has 0 aromatic heterocycles. The Bertz CT molecular complexity index is 479. The van der Waals surface area contributed by atoms with Crippen LogP contribution in [0.25, 0.3) is 0 Å². The monoisotopic (exact) mass is 217 g/mol. The van der Waals surface area contributed by atoms with Crippen molar-refractivity contribution in [3.8, 4) is 0 Å². The summed E-state index contributed by atoms with van der Waals surface area (Å²) < 4.78 is 0. The van der Waals surface area contributed by atoms with Gasteiger partial charge in [-0.1, -0.05) is 18.2 Å². The molecule has 1 aliphatic rings. The summed E-state index contributed by atoms with van der Waals surface area (Å²) >= 11 is 0. The van der Waals surface area contributed by atoms with Crippen LogP contribution in [-0.2, 0) is 9.59 Å². The zero-order chi connectivity index (χ0) is 11.7. The van der Waals surface area contributed by atoms with Gasteiger partial charge in [-0.15, -0.1) is 0 Å². The minimum absolute atomic E-state index is 0.0913. The van der Waals surface area contributed by atoms with E-state index in [-0.39, 0.29) is 24.7 Å². The number of rotatable bonds is 1. The summed E-state index contributed by atoms with van der Waals surface area (Å²) in [5, 5.41) is 0. The largest absolute Gasteiger partial charge is 0.297 e. The molecule has 0 spiro atoms. The number of aryl methyl sites for hydroxylation is 1. The third kappa shape index (κ3) is 1.74. The van der Waals surface area contributed by atoms with Crippen LogP contribution in [-0.4, -0.2) is 29.0 Å². The Morgan fingerprint density at radius 2 is 1.94 bits per heavy atom. The van der Waals surface area contributed by atoms with E-state index in [9.17, 15) is 14.4 Å². The second kappa shape index (κ2) is 3.89. The average Bonchev–Trinajstić information content (AvgIpc) is 2.58. The first-order valence-electron chi connectivity index (χ1n) is 5.01. The van der Waals surface area contributed by atoms with Crippen LogP contribution >= 0.6 is 0 Å². The van der Waals surface area contributed by atoms with Crippen LogP contribution in [0.3, 0.4) is 0 Å². The maximum absolute atomic E-state index is 12.0. The molecule has 1 heterocycles. The van der Waals surface area contributed by atoms with Gasteiger partial charge < -0.3 is 0 Å². The van der Waals surface area contributed by atoms with E-state index >= 15 is 0 Å². The van der Waals surface area contributed by atoms with Crippen LogP contribution in [0.15, 0.2) is 24.3 Å². The van der Waals surface area contributed by atoms with Gasteiger partial charge >= 0.3 is 0 Å². The first kappa shape index (κ1) is 10.5. The number of likely N-dealkylation sites (tertiary alicyclic amines) is 1. The van der Waals surface area contributed by atoms with Gasteiger partial charge in [0.2, 0.25) is 5.91 Å². The molecule has 2 rings (SSSR count). The van der Waals surface area contributed by atoms with E-state index in [1.165, 1.54) is 0 Å². The summed E-state index contributed by atoms with van der Waals surface area (Å²) in [4.78, 5) is 35.5. The topological polar surface area (TPSA) is 54.5 Å². The lowest BCUT2D eigenvalue weighted by atomic mass is 10.1. The number of amides is 2. The van der Waals surface area contributed by atoms with Gasteiger partial charge in [0, 0.05) is 5.56 Å². The van der Waals surface area contributed by atoms with Crippen LogP contribution in [0.5, 0.6) is 0 Å². The lowest BCUT2D eigenvalue weighted by Crippen LogP contribution is -2.32. The molecular weight excluding hydrogens is 206 g/mol. The van der Waals surface area contributed by atoms with Gasteiger partial charge in [0.25, 0.3) is 5.91 Å². The van der Waals surface area contributed by atoms with Gasteiger partial charge in [0.1, 0.15) is 0 Å². The molecule has 0 saturated carbocycles. The van der Waals surface area contributed by atoms with Crippen molar-refractivity contribution in [2.24, 2.45) is 0 Å². The highest BCUT2D eigenvalue weighted by Crippen LogP contribution is 2.15. The molecule has 0 atom stereocenters. The second-order valence-electron chi connectivity index (χ2n) is 3.82. The zero-order valence-electron chi connectivity index (χ0n) is 8.90. The number of carbonyl (C=O) groups excluding carboxylic acids is 3. The third-order valence-electron chi connectivity index (χ3n) is 2.60. The van der Waals surface area contributed by atoms with Crippen molar-refractivity contribution < 1.29 is 14.4 Å². The molecule has 0 N–H and O–H groups in total. The Morgan fingerprint density at radius 1 is 1.25 bits per heavy atom. The quantitative estimate of drug-likeness (QED) is 0.519. The maximum Gasteiger partial charge on any atom is 0.261 e. The number of hydrogen-bond acceptors (Lipinski definition) is 3. The number of benzene rings is 1. The Morgan fingerprint density at radius 3 is 2.50 bits per heavy atom. The third-order valence-corrected chi connectivity index (χ3v) is 2.60. The SMILES string of the molecule is Cc1ccccc1C(=O)N1CC(=O)CC1=O. The van der Waals surface area contributed by atoms with Crippen LogP contribution in [0.2, 0.25) is 0 Å². The van der Waals surface area contributed by atoms with Gasteiger partial charge in [-0.2, -0.15) is 0 Å². The van der Waals surface area contributed by atoms with Crippen LogP contribution in [0.4, 0.5) is 0 Å². The summed E-state index contributed by atoms with van der Waals surface area (Å²) in [6.45, 7) is 1.71. The lowest BCUT2D eigenvalue weighted by molar-refractivity contribution is -0.125. The summed E-state index contributed by atoms with van der Waals surface area (Å²) in [7, 11) is 0. The Hall–Kier alpha value is -1.97. The number of hydrogen-bond donors (Lipinski definition) is 0. The molecule has 2 amide bonds. The van der Waals surface area contributed by atoms with Gasteiger partial charge in [0.05, 0.1) is 13.0 Å². The Kier molecular flexibility index (Phi) is 2.56. The van der Waals surface area contributed by atoms with Crippen molar-refractivity contribution in [3.05, 3.63) is 35.4 Å². The van der Waals surface area contributed by atoms with E-state index in [4.69, 9.17) is 0 Å². The highest BCUT2D eigenvalue weighted by Gasteiger charge is 2.33. The molecule has 1 aliphatic heterocycles. The molecule has 0 unspecified atom stereocenters. The number of ketones is 1. The fraction of sp³-hybridized carbons (Fsp3) is 0.250. The first-order valence-corrected chi connectivity index (χ1v) is 5.01. The molecule has 1 aromatic carbocycles. The molecule has 4 heteroatoms. The molecule has 0 radical (unpaired) electrons. The minimum Gasteiger partial charge on any atom is -0.297 e. The fourth-order valence-corrected chi connectivity index (χ4v) is 1.73. The van der Waals surface area contributed by atoms with Crippen molar-refractivity contribution in [1.29, 1.82) is 0 Å². The number of carbonyl (C=O) groups is 3. The van der Waals surface area contributed by atoms with Crippen molar-refractivity contribution in [2.75, 3.05) is 6.54 Å². The van der Waals surface area contributed by atoms with E-state index < -0.39 is 5.91 Å². The number of Topliss-reactive ketones (excluding diaryl/α,β-unsaturated/α-hetero) is 1. The molecule has 1 fully saturated rings. The minimum atomic E-state index is -0.404. The molecule has 0 aliphatic carbocycles. The van der Waals surface area contributed by atoms with Crippen molar-refractivity contribution in [2.45, 2.75) is 13.3 Å². The first-order chi connectivity index (χ1) is 7.59. The Balaban J connectivity index is 2.30. The molecule has 82 valence electrons. The predicted molar refractivity (Wildman–Crippen MR) is 56.8 cm³/mol. The number of imide groups is 1. The van der Waals surface area contributed by atoms with E-state index in [1.54, 1.807) is 25.1 Å². The van der Waals surface area contributed by atoms with E-state index in [0.717, 1.165) is 10.5 Å². The highest BCUT2D eigenvalue weighted by molar-refractivity contribution is 6.16. The van der Waals surface area contributed by atoms with Crippen LogP contribution in [0.1, 0.15) is 22.3 Å². The molecule has 1 aromatic rings. The standard InChI is InChI=1S/C12H11NO3/c1-8-4-2-3-5-10(8)12(16)13-7-9(14)6-11(13)15/h2-5H,6-7H2,1H3. The van der Waals surface area contributed by atoms with Crippen molar-refractivity contribution in [3.63, 3.8) is 0 Å². The summed E-state index contributed by atoms with van der Waals surface area (Å²) in [5.74, 6) is -0.987. The molecule has 4 nitrogen and oxygen atoms in total. The summed E-state index contributed by atoms with van der Waals surface area (Å²) in [5.41, 5.74) is 1.28. The van der Waals surface area contributed by atoms with Crippen LogP contribution < -0.4 is 0 Å². The zero-order valence-corrected chi connectivity index (χ0v) is 8.90. The predicted octanol–water partition coefficient (Wildman–Crippen LogP) is 0.937. The highest BCUT2D eigenvalue weighted by atomic mass is 16.2. The van der Waals surface area contributed by atoms with E-state index in [1.807, 2.05) is 6.07 Å². The van der Waals surface area contributed by atoms with Gasteiger partial charge in [-0.3, -0.25) is 19.3 Å². The average molecular weight is 217 g/mol. The van der Waals surface area contributed by atoms with Gasteiger partial charge in [0.15, 0.2) is 5.78 Å². The Labute approximate surface area is 92.9 Å². The molecule has 16 heavy (non-hydrogen) atoms. The van der Waals surface area contributed by atoms with E-state index in [0.29, 0.717) is 5.56 Å². The molecule has 1 saturated heterocycles. The molecular formula is C12H11NO3. The smallest absolute Gasteiger partial charge is 0.261 e. The normalized spacial score (nSPS) is 15.7. The second-order valence-corrected chi connectivity index (χ2v) is 3.82.